The molecule has 0 saturated heterocycles. The van der Waals surface area contributed by atoms with Gasteiger partial charge in [-0.1, -0.05) is 97.1 Å². The zero-order valence-electron chi connectivity index (χ0n) is 41.9. The third-order valence-corrected chi connectivity index (χ3v) is 17.0. The van der Waals surface area contributed by atoms with Gasteiger partial charge in [-0.05, 0) is 231 Å². The molecule has 360 valence electrons. The van der Waals surface area contributed by atoms with Gasteiger partial charge in [-0.3, -0.25) is 0 Å². The number of ether oxygens (including phenoxy) is 2. The van der Waals surface area contributed by atoms with Crippen LogP contribution in [0.25, 0.3) is 55.6 Å². The third-order valence-electron chi connectivity index (χ3n) is 17.0. The lowest BCUT2D eigenvalue weighted by Gasteiger charge is -2.36. The number of fused-ring (bicyclic) bond motifs is 7. The standard InChI is InChI=1S/C68H64O4/c1-41-35-57(65(69)59(37-41)63-47-23-7-3-19-43(47)39-44-20-4-8-24-48(44)63)53-29-15-17-33-61(53)71-67-55-31-13-11-27-51(55)52-28-12-14-32-56(52)68(67)72-62-34-18-16-30-54(62)58-36-42(2)38-60(66(58)70)64-49-25-9-5-21-45(49)40-46-22-6-10-26-50(46)64/h11-18,27-40,67-70H,3-10,19-26H2,1-2H3. The molecule has 0 saturated carbocycles. The fraction of sp³-hybridized carbons (Fsp3) is 0.294. The van der Waals surface area contributed by atoms with Crippen LogP contribution in [0.4, 0.5) is 0 Å². The fourth-order valence-corrected chi connectivity index (χ4v) is 13.7. The SMILES string of the molecule is Cc1cc(-c2ccccc2OC2c3ccccc3-c3ccccc3C2Oc2ccccc2-c2cc(C)cc(-c3c4c(cc5c3CCCC5)CCCC4)c2O)c(O)c(-c2c3c(cc4c2CCCC4)CCCC3)c1. The van der Waals surface area contributed by atoms with Crippen molar-refractivity contribution in [3.05, 3.63) is 200 Å². The number of aromatic hydroxyl groups is 2. The van der Waals surface area contributed by atoms with Crippen LogP contribution in [0.5, 0.6) is 23.0 Å². The van der Waals surface area contributed by atoms with Gasteiger partial charge in [-0.2, -0.15) is 0 Å². The van der Waals surface area contributed by atoms with Crippen LogP contribution in [0.3, 0.4) is 0 Å². The lowest BCUT2D eigenvalue weighted by molar-refractivity contribution is 0.0517. The van der Waals surface area contributed by atoms with E-state index in [1.807, 2.05) is 36.4 Å². The van der Waals surface area contributed by atoms with Crippen molar-refractivity contribution in [1.29, 1.82) is 0 Å². The van der Waals surface area contributed by atoms with Crippen LogP contribution in [-0.2, 0) is 51.4 Å². The van der Waals surface area contributed by atoms with Crippen LogP contribution in [0.2, 0.25) is 0 Å². The van der Waals surface area contributed by atoms with Gasteiger partial charge in [0, 0.05) is 44.5 Å². The number of rotatable bonds is 8. The molecule has 0 heterocycles. The molecule has 4 nitrogen and oxygen atoms in total. The summed E-state index contributed by atoms with van der Waals surface area (Å²) < 4.78 is 15.0. The maximum atomic E-state index is 12.8. The first kappa shape index (κ1) is 44.9. The molecular formula is C68H64O4. The van der Waals surface area contributed by atoms with E-state index in [0.717, 1.165) is 118 Å². The van der Waals surface area contributed by atoms with E-state index in [0.29, 0.717) is 23.0 Å². The molecule has 0 fully saturated rings. The second kappa shape index (κ2) is 18.5. The molecule has 8 aromatic rings. The second-order valence-electron chi connectivity index (χ2n) is 21.5. The van der Waals surface area contributed by atoms with Gasteiger partial charge in [0.25, 0.3) is 0 Å². The van der Waals surface area contributed by atoms with Crippen molar-refractivity contribution in [2.24, 2.45) is 0 Å². The molecule has 5 aliphatic rings. The lowest BCUT2D eigenvalue weighted by Crippen LogP contribution is -2.27. The Kier molecular flexibility index (Phi) is 11.5. The molecule has 4 heteroatoms. The Labute approximate surface area is 425 Å². The van der Waals surface area contributed by atoms with Gasteiger partial charge in [0.2, 0.25) is 0 Å². The molecule has 72 heavy (non-hydrogen) atoms. The van der Waals surface area contributed by atoms with Crippen LogP contribution in [0, 0.1) is 13.8 Å². The average molecular weight is 945 g/mol. The van der Waals surface area contributed by atoms with E-state index in [-0.39, 0.29) is 0 Å². The topological polar surface area (TPSA) is 58.9 Å². The molecule has 2 unspecified atom stereocenters. The summed E-state index contributed by atoms with van der Waals surface area (Å²) in [5.41, 5.74) is 25.8. The zero-order valence-corrected chi connectivity index (χ0v) is 41.9. The highest BCUT2D eigenvalue weighted by atomic mass is 16.5. The minimum Gasteiger partial charge on any atom is -0.507 e. The number of phenolic OH excluding ortho intramolecular Hbond substituents is 2. The summed E-state index contributed by atoms with van der Waals surface area (Å²) >= 11 is 0. The molecule has 0 bridgehead atoms. The van der Waals surface area contributed by atoms with Crippen LogP contribution >= 0.6 is 0 Å². The van der Waals surface area contributed by atoms with Crippen LogP contribution < -0.4 is 9.47 Å². The lowest BCUT2D eigenvalue weighted by atomic mass is 9.76. The Hall–Kier alpha value is -7.04. The van der Waals surface area contributed by atoms with E-state index in [1.165, 1.54) is 107 Å². The molecule has 0 radical (unpaired) electrons. The van der Waals surface area contributed by atoms with Crippen molar-refractivity contribution < 1.29 is 19.7 Å². The predicted octanol–water partition coefficient (Wildman–Crippen LogP) is 16.8. The summed E-state index contributed by atoms with van der Waals surface area (Å²) in [5.74, 6) is 1.98. The smallest absolute Gasteiger partial charge is 0.165 e. The van der Waals surface area contributed by atoms with Gasteiger partial charge >= 0.3 is 0 Å². The van der Waals surface area contributed by atoms with Crippen molar-refractivity contribution in [1.82, 2.24) is 0 Å². The van der Waals surface area contributed by atoms with Crippen LogP contribution in [-0.4, -0.2) is 10.2 Å². The monoisotopic (exact) mass is 944 g/mol. The Morgan fingerprint density at radius 1 is 0.333 bits per heavy atom. The first-order valence-corrected chi connectivity index (χ1v) is 27.1. The number of benzene rings is 8. The number of phenols is 2. The molecular weight excluding hydrogens is 881 g/mol. The van der Waals surface area contributed by atoms with Gasteiger partial charge in [0.05, 0.1) is 0 Å². The Morgan fingerprint density at radius 3 is 1.01 bits per heavy atom. The quantitative estimate of drug-likeness (QED) is 0.159. The Morgan fingerprint density at radius 2 is 0.639 bits per heavy atom. The molecule has 0 aliphatic heterocycles. The number of para-hydroxylation sites is 2. The first-order valence-electron chi connectivity index (χ1n) is 27.1. The van der Waals surface area contributed by atoms with Gasteiger partial charge in [-0.25, -0.2) is 0 Å². The number of aryl methyl sites for hydroxylation is 6. The van der Waals surface area contributed by atoms with Crippen molar-refractivity contribution in [3.8, 4) is 78.6 Å². The van der Waals surface area contributed by atoms with Crippen LogP contribution in [0.15, 0.2) is 133 Å². The summed E-state index contributed by atoms with van der Waals surface area (Å²) in [6.45, 7) is 4.31. The van der Waals surface area contributed by atoms with E-state index in [2.05, 4.69) is 111 Å². The van der Waals surface area contributed by atoms with Gasteiger partial charge in [0.1, 0.15) is 23.0 Å². The molecule has 0 spiro atoms. The maximum Gasteiger partial charge on any atom is 0.165 e. The molecule has 2 atom stereocenters. The van der Waals surface area contributed by atoms with Crippen molar-refractivity contribution in [2.75, 3.05) is 0 Å². The first-order chi connectivity index (χ1) is 35.4. The summed E-state index contributed by atoms with van der Waals surface area (Å²) in [6.07, 6.45) is 17.1. The summed E-state index contributed by atoms with van der Waals surface area (Å²) in [5, 5.41) is 25.6. The van der Waals surface area contributed by atoms with E-state index >= 15 is 0 Å². The molecule has 13 rings (SSSR count). The molecule has 0 amide bonds. The van der Waals surface area contributed by atoms with E-state index in [4.69, 9.17) is 9.47 Å². The summed E-state index contributed by atoms with van der Waals surface area (Å²) in [6, 6.07) is 47.2. The molecule has 8 aromatic carbocycles. The van der Waals surface area contributed by atoms with Gasteiger partial charge in [0.15, 0.2) is 12.2 Å². The zero-order chi connectivity index (χ0) is 48.5. The maximum absolute atomic E-state index is 12.8. The number of hydrogen-bond acceptors (Lipinski definition) is 4. The molecule has 5 aliphatic carbocycles. The molecule has 0 aromatic heterocycles. The highest BCUT2D eigenvalue weighted by Crippen LogP contribution is 2.54. The predicted molar refractivity (Wildman–Crippen MR) is 293 cm³/mol. The molecule has 2 N–H and O–H groups in total. The summed E-state index contributed by atoms with van der Waals surface area (Å²) in [4.78, 5) is 0. The average Bonchev–Trinajstić information content (AvgIpc) is 3.42. The Balaban J connectivity index is 0.929. The normalized spacial score (nSPS) is 17.6. The van der Waals surface area contributed by atoms with Crippen LogP contribution in [0.1, 0.15) is 130 Å². The van der Waals surface area contributed by atoms with Crippen molar-refractivity contribution in [3.63, 3.8) is 0 Å². The fourth-order valence-electron chi connectivity index (χ4n) is 13.7. The van der Waals surface area contributed by atoms with E-state index in [9.17, 15) is 10.2 Å². The number of hydrogen-bond donors (Lipinski definition) is 2. The van der Waals surface area contributed by atoms with Crippen molar-refractivity contribution in [2.45, 2.75) is 129 Å². The Bertz CT molecular complexity index is 3150. The van der Waals surface area contributed by atoms with E-state index in [1.54, 1.807) is 0 Å². The van der Waals surface area contributed by atoms with Crippen molar-refractivity contribution >= 4 is 0 Å². The van der Waals surface area contributed by atoms with E-state index < -0.39 is 12.2 Å². The largest absolute Gasteiger partial charge is 0.507 e. The third kappa shape index (κ3) is 7.72. The second-order valence-corrected chi connectivity index (χ2v) is 21.5. The van der Waals surface area contributed by atoms with Gasteiger partial charge in [-0.15, -0.1) is 0 Å². The highest BCUT2D eigenvalue weighted by Gasteiger charge is 2.39. The minimum atomic E-state index is -0.575. The van der Waals surface area contributed by atoms with Gasteiger partial charge < -0.3 is 19.7 Å². The minimum absolute atomic E-state index is 0.313. The highest BCUT2D eigenvalue weighted by molar-refractivity contribution is 5.90. The summed E-state index contributed by atoms with van der Waals surface area (Å²) in [7, 11) is 0.